The minimum atomic E-state index is -3.27. The summed E-state index contributed by atoms with van der Waals surface area (Å²) in [6.45, 7) is 2.20. The van der Waals surface area contributed by atoms with Crippen LogP contribution in [-0.2, 0) is 29.4 Å². The Kier molecular flexibility index (Phi) is 5.44. The molecule has 4 rings (SSSR count). The molecule has 1 aromatic carbocycles. The molecule has 29 heavy (non-hydrogen) atoms. The van der Waals surface area contributed by atoms with E-state index in [1.165, 1.54) is 5.56 Å². The normalized spacial score (nSPS) is 13.1. The molecule has 0 bridgehead atoms. The summed E-state index contributed by atoms with van der Waals surface area (Å²) in [5, 5.41) is 3.43. The lowest BCUT2D eigenvalue weighted by Crippen LogP contribution is -2.14. The molecule has 0 spiro atoms. The van der Waals surface area contributed by atoms with E-state index in [-0.39, 0.29) is 5.75 Å². The highest BCUT2D eigenvalue weighted by Gasteiger charge is 2.20. The lowest BCUT2D eigenvalue weighted by atomic mass is 10.2. The summed E-state index contributed by atoms with van der Waals surface area (Å²) in [5.41, 5.74) is 4.63. The highest BCUT2D eigenvalue weighted by Crippen LogP contribution is 2.29. The highest BCUT2D eigenvalue weighted by atomic mass is 32.2. The zero-order chi connectivity index (χ0) is 20.3. The maximum atomic E-state index is 11.7. The van der Waals surface area contributed by atoms with Crippen LogP contribution < -0.4 is 10.0 Å². The summed E-state index contributed by atoms with van der Waals surface area (Å²) in [5.74, 6) is 1.54. The number of anilines is 2. The number of nitrogens with zero attached hydrogens (tertiary/aromatic N) is 3. The lowest BCUT2D eigenvalue weighted by molar-refractivity contribution is 0.602. The van der Waals surface area contributed by atoms with Gasteiger partial charge in [0.15, 0.2) is 5.82 Å². The van der Waals surface area contributed by atoms with E-state index in [1.807, 2.05) is 30.3 Å². The van der Waals surface area contributed by atoms with Gasteiger partial charge in [0.05, 0.1) is 5.75 Å². The first-order valence-electron chi connectivity index (χ1n) is 9.68. The standard InChI is InChI=1S/C21H23N5O2S/c1-2-29(27,28)26-16-11-9-15(10-12-16)14-23-20-17-6-5-8-18(17)24-21(25-20)19-7-3-4-13-22-19/h3-4,7,9-13,26H,2,5-6,8,14H2,1H3,(H,23,24,25). The number of nitrogens with one attached hydrogen (secondary N) is 2. The fourth-order valence-corrected chi connectivity index (χ4v) is 3.96. The van der Waals surface area contributed by atoms with Crippen molar-refractivity contribution < 1.29 is 8.42 Å². The van der Waals surface area contributed by atoms with Crippen LogP contribution in [0, 0.1) is 0 Å². The predicted octanol–water partition coefficient (Wildman–Crippen LogP) is 3.40. The largest absolute Gasteiger partial charge is 0.366 e. The number of pyridine rings is 1. The van der Waals surface area contributed by atoms with Gasteiger partial charge in [-0.2, -0.15) is 0 Å². The molecule has 0 atom stereocenters. The quantitative estimate of drug-likeness (QED) is 0.621. The number of benzene rings is 1. The summed E-state index contributed by atoms with van der Waals surface area (Å²) in [6, 6.07) is 13.1. The minimum Gasteiger partial charge on any atom is -0.366 e. The van der Waals surface area contributed by atoms with E-state index in [0.29, 0.717) is 18.1 Å². The Morgan fingerprint density at radius 3 is 2.59 bits per heavy atom. The molecule has 150 valence electrons. The Bertz CT molecular complexity index is 1100. The molecule has 2 N–H and O–H groups in total. The predicted molar refractivity (Wildman–Crippen MR) is 114 cm³/mol. The highest BCUT2D eigenvalue weighted by molar-refractivity contribution is 7.92. The van der Waals surface area contributed by atoms with Gasteiger partial charge in [0, 0.05) is 29.7 Å². The van der Waals surface area contributed by atoms with E-state index in [4.69, 9.17) is 9.97 Å². The number of sulfonamides is 1. The second kappa shape index (κ2) is 8.16. The van der Waals surface area contributed by atoms with Crippen LogP contribution in [0.4, 0.5) is 11.5 Å². The zero-order valence-electron chi connectivity index (χ0n) is 16.2. The van der Waals surface area contributed by atoms with Crippen LogP contribution in [-0.4, -0.2) is 29.1 Å². The molecular formula is C21H23N5O2S. The Balaban J connectivity index is 1.52. The first-order chi connectivity index (χ1) is 14.0. The molecule has 0 saturated heterocycles. The van der Waals surface area contributed by atoms with Crippen molar-refractivity contribution in [2.75, 3.05) is 15.8 Å². The van der Waals surface area contributed by atoms with Gasteiger partial charge in [-0.15, -0.1) is 0 Å². The third kappa shape index (κ3) is 4.54. The average molecular weight is 410 g/mol. The molecule has 0 aliphatic heterocycles. The number of aromatic nitrogens is 3. The molecule has 8 heteroatoms. The van der Waals surface area contributed by atoms with E-state index >= 15 is 0 Å². The molecule has 0 fully saturated rings. The second-order valence-corrected chi connectivity index (χ2v) is 8.96. The van der Waals surface area contributed by atoms with Gasteiger partial charge in [-0.1, -0.05) is 18.2 Å². The van der Waals surface area contributed by atoms with E-state index in [9.17, 15) is 8.42 Å². The van der Waals surface area contributed by atoms with Gasteiger partial charge < -0.3 is 5.32 Å². The monoisotopic (exact) mass is 409 g/mol. The number of rotatable bonds is 7. The van der Waals surface area contributed by atoms with Crippen molar-refractivity contribution in [3.05, 3.63) is 65.5 Å². The SMILES string of the molecule is CCS(=O)(=O)Nc1ccc(CNc2nc(-c3ccccn3)nc3c2CCC3)cc1. The molecule has 1 aliphatic carbocycles. The van der Waals surface area contributed by atoms with Gasteiger partial charge >= 0.3 is 0 Å². The molecule has 7 nitrogen and oxygen atoms in total. The summed E-state index contributed by atoms with van der Waals surface area (Å²) in [4.78, 5) is 13.8. The molecule has 0 unspecified atom stereocenters. The third-order valence-electron chi connectivity index (χ3n) is 4.89. The van der Waals surface area contributed by atoms with Crippen molar-refractivity contribution in [3.8, 4) is 11.5 Å². The first kappa shape index (κ1) is 19.3. The van der Waals surface area contributed by atoms with Crippen molar-refractivity contribution in [2.24, 2.45) is 0 Å². The molecule has 1 aliphatic rings. The van der Waals surface area contributed by atoms with Gasteiger partial charge in [-0.05, 0) is 56.0 Å². The number of hydrogen-bond acceptors (Lipinski definition) is 6. The van der Waals surface area contributed by atoms with Gasteiger partial charge in [-0.25, -0.2) is 18.4 Å². The number of aryl methyl sites for hydroxylation is 1. The van der Waals surface area contributed by atoms with Crippen LogP contribution in [0.25, 0.3) is 11.5 Å². The van der Waals surface area contributed by atoms with E-state index in [1.54, 1.807) is 25.3 Å². The van der Waals surface area contributed by atoms with Gasteiger partial charge in [-0.3, -0.25) is 9.71 Å². The molecule has 0 radical (unpaired) electrons. The fraction of sp³-hybridized carbons (Fsp3) is 0.286. The van der Waals surface area contributed by atoms with Crippen molar-refractivity contribution in [1.82, 2.24) is 15.0 Å². The first-order valence-corrected chi connectivity index (χ1v) is 11.3. The molecule has 2 aromatic heterocycles. The Morgan fingerprint density at radius 2 is 1.86 bits per heavy atom. The smallest absolute Gasteiger partial charge is 0.232 e. The maximum absolute atomic E-state index is 11.7. The third-order valence-corrected chi connectivity index (χ3v) is 6.20. The van der Waals surface area contributed by atoms with Crippen molar-refractivity contribution in [3.63, 3.8) is 0 Å². The van der Waals surface area contributed by atoms with Crippen LogP contribution in [0.5, 0.6) is 0 Å². The Hall–Kier alpha value is -3.00. The summed E-state index contributed by atoms with van der Waals surface area (Å²) < 4.78 is 25.9. The lowest BCUT2D eigenvalue weighted by Gasteiger charge is -2.13. The van der Waals surface area contributed by atoms with Gasteiger partial charge in [0.2, 0.25) is 10.0 Å². The van der Waals surface area contributed by atoms with Crippen LogP contribution in [0.15, 0.2) is 48.7 Å². The summed E-state index contributed by atoms with van der Waals surface area (Å²) in [7, 11) is -3.27. The fourth-order valence-electron chi connectivity index (χ4n) is 3.32. The van der Waals surface area contributed by atoms with Crippen LogP contribution in [0.1, 0.15) is 30.2 Å². The zero-order valence-corrected chi connectivity index (χ0v) is 17.0. The average Bonchev–Trinajstić information content (AvgIpc) is 3.22. The Morgan fingerprint density at radius 1 is 1.03 bits per heavy atom. The second-order valence-electron chi connectivity index (χ2n) is 6.95. The number of hydrogen-bond donors (Lipinski definition) is 2. The van der Waals surface area contributed by atoms with Gasteiger partial charge in [0.1, 0.15) is 11.5 Å². The van der Waals surface area contributed by atoms with Crippen molar-refractivity contribution in [2.45, 2.75) is 32.7 Å². The van der Waals surface area contributed by atoms with Crippen LogP contribution in [0.3, 0.4) is 0 Å². The summed E-state index contributed by atoms with van der Waals surface area (Å²) >= 11 is 0. The van der Waals surface area contributed by atoms with E-state index in [2.05, 4.69) is 15.0 Å². The maximum Gasteiger partial charge on any atom is 0.232 e. The number of fused-ring (bicyclic) bond motifs is 1. The Labute approximate surface area is 170 Å². The van der Waals surface area contributed by atoms with E-state index < -0.39 is 10.0 Å². The van der Waals surface area contributed by atoms with Crippen LogP contribution in [0.2, 0.25) is 0 Å². The molecule has 0 saturated carbocycles. The minimum absolute atomic E-state index is 0.0493. The van der Waals surface area contributed by atoms with E-state index in [0.717, 1.165) is 42.0 Å². The summed E-state index contributed by atoms with van der Waals surface area (Å²) in [6.07, 6.45) is 4.75. The molecular weight excluding hydrogens is 386 g/mol. The molecule has 0 amide bonds. The molecule has 2 heterocycles. The van der Waals surface area contributed by atoms with Crippen LogP contribution >= 0.6 is 0 Å². The van der Waals surface area contributed by atoms with Crippen molar-refractivity contribution >= 4 is 21.5 Å². The van der Waals surface area contributed by atoms with Gasteiger partial charge in [0.25, 0.3) is 0 Å². The molecule has 3 aromatic rings. The topological polar surface area (TPSA) is 96.9 Å². The van der Waals surface area contributed by atoms with Crippen molar-refractivity contribution in [1.29, 1.82) is 0 Å².